The monoisotopic (exact) mass is 326 g/mol. The van der Waals surface area contributed by atoms with E-state index in [-0.39, 0.29) is 0 Å². The number of hydrogen-bond donors (Lipinski definition) is 0. The molecule has 3 aromatic rings. The van der Waals surface area contributed by atoms with Gasteiger partial charge in [-0.05, 0) is 47.0 Å². The largest absolute Gasteiger partial charge is 0.265 e. The highest BCUT2D eigenvalue weighted by Gasteiger charge is 2.20. The first-order valence-electron chi connectivity index (χ1n) is 7.41. The number of likely N-dealkylation sites (N-methyl/N-ethyl adjacent to an activating group) is 1. The summed E-state index contributed by atoms with van der Waals surface area (Å²) in [7, 11) is -1.87. The van der Waals surface area contributed by atoms with Gasteiger partial charge in [-0.1, -0.05) is 30.3 Å². The van der Waals surface area contributed by atoms with Crippen LogP contribution in [0.15, 0.2) is 71.9 Å². The number of aromatic nitrogens is 1. The van der Waals surface area contributed by atoms with Crippen molar-refractivity contribution in [2.24, 2.45) is 0 Å². The van der Waals surface area contributed by atoms with Crippen LogP contribution in [-0.4, -0.2) is 31.3 Å². The fourth-order valence-electron chi connectivity index (χ4n) is 2.46. The van der Waals surface area contributed by atoms with E-state index in [1.807, 2.05) is 42.5 Å². The summed E-state index contributed by atoms with van der Waals surface area (Å²) in [5.41, 5.74) is 1.07. The summed E-state index contributed by atoms with van der Waals surface area (Å²) in [6.45, 7) is 0.430. The Morgan fingerprint density at radius 2 is 1.65 bits per heavy atom. The summed E-state index contributed by atoms with van der Waals surface area (Å²) < 4.78 is 26.8. The topological polar surface area (TPSA) is 50.3 Å². The normalized spacial score (nSPS) is 11.9. The van der Waals surface area contributed by atoms with Crippen LogP contribution in [0.5, 0.6) is 0 Å². The number of hydrogen-bond acceptors (Lipinski definition) is 3. The number of benzene rings is 2. The van der Waals surface area contributed by atoms with Crippen LogP contribution in [0.4, 0.5) is 0 Å². The lowest BCUT2D eigenvalue weighted by Crippen LogP contribution is -2.29. The maximum absolute atomic E-state index is 12.7. The van der Waals surface area contributed by atoms with Gasteiger partial charge in [0.15, 0.2) is 0 Å². The van der Waals surface area contributed by atoms with E-state index in [1.54, 1.807) is 31.6 Å². The predicted molar refractivity (Wildman–Crippen MR) is 91.7 cm³/mol. The molecule has 0 aliphatic rings. The lowest BCUT2D eigenvalue weighted by molar-refractivity contribution is 0.472. The zero-order valence-electron chi connectivity index (χ0n) is 12.9. The second kappa shape index (κ2) is 6.48. The van der Waals surface area contributed by atoms with Crippen molar-refractivity contribution in [2.75, 3.05) is 13.6 Å². The summed E-state index contributed by atoms with van der Waals surface area (Å²) in [6.07, 6.45) is 4.09. The molecule has 0 N–H and O–H groups in total. The molecule has 0 saturated heterocycles. The van der Waals surface area contributed by atoms with Gasteiger partial charge in [0.05, 0.1) is 4.90 Å². The molecular formula is C18H18N2O2S. The number of pyridine rings is 1. The van der Waals surface area contributed by atoms with Crippen molar-refractivity contribution in [2.45, 2.75) is 11.3 Å². The SMILES string of the molecule is CN(CCc1ccncc1)S(=O)(=O)c1ccc2ccccc2c1. The minimum Gasteiger partial charge on any atom is -0.265 e. The van der Waals surface area contributed by atoms with Crippen LogP contribution in [0.25, 0.3) is 10.8 Å². The molecule has 1 aromatic heterocycles. The van der Waals surface area contributed by atoms with Crippen LogP contribution in [-0.2, 0) is 16.4 Å². The zero-order chi connectivity index (χ0) is 16.3. The Morgan fingerprint density at radius 1 is 0.957 bits per heavy atom. The molecule has 0 spiro atoms. The third-order valence-electron chi connectivity index (χ3n) is 3.89. The Hall–Kier alpha value is -2.24. The standard InChI is InChI=1S/C18H18N2O2S/c1-20(13-10-15-8-11-19-12-9-15)23(21,22)18-7-6-16-4-2-3-5-17(16)14-18/h2-9,11-12,14H,10,13H2,1H3. The van der Waals surface area contributed by atoms with Crippen LogP contribution in [0, 0.1) is 0 Å². The number of sulfonamides is 1. The van der Waals surface area contributed by atoms with E-state index in [2.05, 4.69) is 4.98 Å². The summed E-state index contributed by atoms with van der Waals surface area (Å²) in [4.78, 5) is 4.29. The zero-order valence-corrected chi connectivity index (χ0v) is 13.7. The van der Waals surface area contributed by atoms with Crippen molar-refractivity contribution in [3.05, 3.63) is 72.6 Å². The van der Waals surface area contributed by atoms with E-state index in [0.717, 1.165) is 16.3 Å². The summed E-state index contributed by atoms with van der Waals surface area (Å²) >= 11 is 0. The van der Waals surface area contributed by atoms with Gasteiger partial charge >= 0.3 is 0 Å². The molecule has 0 unspecified atom stereocenters. The first kappa shape index (κ1) is 15.6. The molecule has 3 rings (SSSR count). The number of nitrogens with zero attached hydrogens (tertiary/aromatic N) is 2. The van der Waals surface area contributed by atoms with Crippen LogP contribution in [0.2, 0.25) is 0 Å². The molecule has 0 radical (unpaired) electrons. The highest BCUT2D eigenvalue weighted by atomic mass is 32.2. The van der Waals surface area contributed by atoms with Crippen LogP contribution in [0.1, 0.15) is 5.56 Å². The molecular weight excluding hydrogens is 308 g/mol. The molecule has 0 amide bonds. The minimum atomic E-state index is -3.48. The second-order valence-corrected chi connectivity index (χ2v) is 7.49. The fourth-order valence-corrected chi connectivity index (χ4v) is 3.67. The Balaban J connectivity index is 1.81. The predicted octanol–water partition coefficient (Wildman–Crippen LogP) is 3.10. The lowest BCUT2D eigenvalue weighted by Gasteiger charge is -2.17. The highest BCUT2D eigenvalue weighted by molar-refractivity contribution is 7.89. The van der Waals surface area contributed by atoms with Gasteiger partial charge in [0, 0.05) is 26.0 Å². The molecule has 118 valence electrons. The molecule has 0 aliphatic carbocycles. The molecule has 4 nitrogen and oxygen atoms in total. The first-order valence-corrected chi connectivity index (χ1v) is 8.85. The van der Waals surface area contributed by atoms with Gasteiger partial charge in [-0.3, -0.25) is 4.98 Å². The lowest BCUT2D eigenvalue weighted by atomic mass is 10.1. The number of fused-ring (bicyclic) bond motifs is 1. The quantitative estimate of drug-likeness (QED) is 0.724. The molecule has 1 heterocycles. The van der Waals surface area contributed by atoms with Crippen LogP contribution in [0.3, 0.4) is 0 Å². The van der Waals surface area contributed by atoms with Crippen molar-refractivity contribution in [3.8, 4) is 0 Å². The molecule has 0 saturated carbocycles. The number of rotatable bonds is 5. The van der Waals surface area contributed by atoms with Crippen molar-refractivity contribution < 1.29 is 8.42 Å². The van der Waals surface area contributed by atoms with Gasteiger partial charge in [-0.15, -0.1) is 0 Å². The van der Waals surface area contributed by atoms with Gasteiger partial charge in [0.2, 0.25) is 10.0 Å². The van der Waals surface area contributed by atoms with Crippen molar-refractivity contribution in [1.29, 1.82) is 0 Å². The average molecular weight is 326 g/mol. The van der Waals surface area contributed by atoms with Crippen molar-refractivity contribution in [1.82, 2.24) is 9.29 Å². The van der Waals surface area contributed by atoms with E-state index in [4.69, 9.17) is 0 Å². The Kier molecular flexibility index (Phi) is 4.41. The van der Waals surface area contributed by atoms with Gasteiger partial charge in [-0.2, -0.15) is 0 Å². The molecule has 0 fully saturated rings. The Labute approximate surface area is 136 Å². The van der Waals surface area contributed by atoms with Gasteiger partial charge in [0.1, 0.15) is 0 Å². The molecule has 0 bridgehead atoms. The van der Waals surface area contributed by atoms with E-state index < -0.39 is 10.0 Å². The molecule has 23 heavy (non-hydrogen) atoms. The van der Waals surface area contributed by atoms with Crippen molar-refractivity contribution in [3.63, 3.8) is 0 Å². The van der Waals surface area contributed by atoms with E-state index in [1.165, 1.54) is 4.31 Å². The van der Waals surface area contributed by atoms with Gasteiger partial charge in [-0.25, -0.2) is 12.7 Å². The van der Waals surface area contributed by atoms with E-state index in [0.29, 0.717) is 17.9 Å². The van der Waals surface area contributed by atoms with Gasteiger partial charge < -0.3 is 0 Å². The van der Waals surface area contributed by atoms with Crippen LogP contribution < -0.4 is 0 Å². The molecule has 5 heteroatoms. The summed E-state index contributed by atoms with van der Waals surface area (Å²) in [6, 6.07) is 16.8. The third kappa shape index (κ3) is 3.41. The summed E-state index contributed by atoms with van der Waals surface area (Å²) in [5, 5.41) is 1.96. The van der Waals surface area contributed by atoms with Crippen LogP contribution >= 0.6 is 0 Å². The first-order chi connectivity index (χ1) is 11.1. The second-order valence-electron chi connectivity index (χ2n) is 5.44. The summed E-state index contributed by atoms with van der Waals surface area (Å²) in [5.74, 6) is 0. The van der Waals surface area contributed by atoms with E-state index >= 15 is 0 Å². The smallest absolute Gasteiger partial charge is 0.242 e. The Morgan fingerprint density at radius 3 is 2.39 bits per heavy atom. The highest BCUT2D eigenvalue weighted by Crippen LogP contribution is 2.21. The minimum absolute atomic E-state index is 0.327. The molecule has 0 aliphatic heterocycles. The maximum atomic E-state index is 12.7. The molecule has 0 atom stereocenters. The molecule has 2 aromatic carbocycles. The van der Waals surface area contributed by atoms with E-state index in [9.17, 15) is 8.42 Å². The van der Waals surface area contributed by atoms with Crippen molar-refractivity contribution >= 4 is 20.8 Å². The fraction of sp³-hybridized carbons (Fsp3) is 0.167. The average Bonchev–Trinajstić information content (AvgIpc) is 2.60. The third-order valence-corrected chi connectivity index (χ3v) is 5.75. The van der Waals surface area contributed by atoms with Gasteiger partial charge in [0.25, 0.3) is 0 Å². The maximum Gasteiger partial charge on any atom is 0.242 e. The Bertz CT molecular complexity index is 908.